The number of nitrogens with one attached hydrogen (secondary N) is 1. The molecule has 0 atom stereocenters. The molecule has 0 spiro atoms. The SMILES string of the molecule is Cc1cc(-c2cnc(Nc3cc([N+](=O)[O-])c(N(C)CCN(C)C)cc3C)nc2-c2cn3c4c(cccc24)CCC3)n(C)n1. The monoisotopic (exact) mass is 579 g/mol. The van der Waals surface area contributed by atoms with Crippen molar-refractivity contribution in [3.05, 3.63) is 75.7 Å². The largest absolute Gasteiger partial charge is 0.368 e. The Hall–Kier alpha value is -4.77. The summed E-state index contributed by atoms with van der Waals surface area (Å²) in [7, 11) is 7.78. The van der Waals surface area contributed by atoms with Crippen LogP contribution in [0.15, 0.2) is 48.8 Å². The minimum absolute atomic E-state index is 0.0329. The fourth-order valence-electron chi connectivity index (χ4n) is 6.00. The number of likely N-dealkylation sites (N-methyl/N-ethyl adjacent to an activating group) is 2. The molecular weight excluding hydrogens is 542 g/mol. The Kier molecular flexibility index (Phi) is 7.35. The average molecular weight is 580 g/mol. The molecule has 0 bridgehead atoms. The number of hydrogen-bond donors (Lipinski definition) is 1. The van der Waals surface area contributed by atoms with E-state index in [0.29, 0.717) is 23.9 Å². The van der Waals surface area contributed by atoms with Gasteiger partial charge in [0.25, 0.3) is 5.69 Å². The van der Waals surface area contributed by atoms with Crippen molar-refractivity contribution in [2.45, 2.75) is 33.2 Å². The van der Waals surface area contributed by atoms with Crippen molar-refractivity contribution in [1.82, 2.24) is 29.2 Å². The van der Waals surface area contributed by atoms with Gasteiger partial charge in [-0.05, 0) is 64.0 Å². The van der Waals surface area contributed by atoms with Crippen molar-refractivity contribution in [3.63, 3.8) is 0 Å². The summed E-state index contributed by atoms with van der Waals surface area (Å²) in [6.07, 6.45) is 6.17. The first-order valence-corrected chi connectivity index (χ1v) is 14.5. The van der Waals surface area contributed by atoms with Crippen LogP contribution < -0.4 is 10.2 Å². The summed E-state index contributed by atoms with van der Waals surface area (Å²) in [6, 6.07) is 12.0. The second-order valence-electron chi connectivity index (χ2n) is 11.7. The minimum Gasteiger partial charge on any atom is -0.368 e. The van der Waals surface area contributed by atoms with E-state index in [1.54, 1.807) is 6.07 Å². The molecule has 4 heterocycles. The third kappa shape index (κ3) is 5.32. The second-order valence-corrected chi connectivity index (χ2v) is 11.7. The Morgan fingerprint density at radius 3 is 2.63 bits per heavy atom. The molecule has 0 unspecified atom stereocenters. The number of aromatic nitrogens is 5. The van der Waals surface area contributed by atoms with Crippen LogP contribution in [-0.2, 0) is 20.0 Å². The number of nitro benzene ring substituents is 1. The zero-order valence-electron chi connectivity index (χ0n) is 25.5. The van der Waals surface area contributed by atoms with Gasteiger partial charge in [0.05, 0.1) is 33.2 Å². The molecule has 222 valence electrons. The number of nitrogens with zero attached hydrogens (tertiary/aromatic N) is 8. The number of nitro groups is 1. The van der Waals surface area contributed by atoms with E-state index < -0.39 is 0 Å². The summed E-state index contributed by atoms with van der Waals surface area (Å²) in [5, 5.41) is 21.2. The number of hydrogen-bond acceptors (Lipinski definition) is 8. The van der Waals surface area contributed by atoms with Gasteiger partial charge in [0.15, 0.2) is 0 Å². The van der Waals surface area contributed by atoms with Crippen LogP contribution in [0.3, 0.4) is 0 Å². The van der Waals surface area contributed by atoms with Crippen molar-refractivity contribution >= 4 is 33.9 Å². The van der Waals surface area contributed by atoms with Gasteiger partial charge in [0, 0.05) is 68.7 Å². The third-order valence-electron chi connectivity index (χ3n) is 8.21. The van der Waals surface area contributed by atoms with E-state index in [-0.39, 0.29) is 10.6 Å². The molecule has 5 aromatic rings. The highest BCUT2D eigenvalue weighted by Crippen LogP contribution is 2.40. The van der Waals surface area contributed by atoms with Gasteiger partial charge in [-0.25, -0.2) is 9.97 Å². The van der Waals surface area contributed by atoms with Gasteiger partial charge in [0.2, 0.25) is 5.95 Å². The predicted octanol–water partition coefficient (Wildman–Crippen LogP) is 5.71. The van der Waals surface area contributed by atoms with Gasteiger partial charge in [-0.2, -0.15) is 5.10 Å². The highest BCUT2D eigenvalue weighted by atomic mass is 16.6. The summed E-state index contributed by atoms with van der Waals surface area (Å²) in [6.45, 7) is 6.31. The number of benzene rings is 2. The fraction of sp³-hybridized carbons (Fsp3) is 0.344. The molecule has 0 aliphatic carbocycles. The van der Waals surface area contributed by atoms with Gasteiger partial charge in [0.1, 0.15) is 5.69 Å². The van der Waals surface area contributed by atoms with E-state index in [1.165, 1.54) is 11.1 Å². The Bertz CT molecular complexity index is 1850. The summed E-state index contributed by atoms with van der Waals surface area (Å²) >= 11 is 0. The first-order valence-electron chi connectivity index (χ1n) is 14.5. The van der Waals surface area contributed by atoms with Crippen LogP contribution in [-0.4, -0.2) is 68.4 Å². The van der Waals surface area contributed by atoms with Gasteiger partial charge in [-0.15, -0.1) is 0 Å². The minimum atomic E-state index is -0.333. The van der Waals surface area contributed by atoms with E-state index in [2.05, 4.69) is 49.3 Å². The van der Waals surface area contributed by atoms with Crippen LogP contribution >= 0.6 is 0 Å². The molecule has 1 aliphatic heterocycles. The lowest BCUT2D eigenvalue weighted by Gasteiger charge is -2.22. The molecule has 0 amide bonds. The molecule has 0 radical (unpaired) electrons. The Morgan fingerprint density at radius 1 is 1.09 bits per heavy atom. The maximum Gasteiger partial charge on any atom is 0.294 e. The number of rotatable bonds is 9. The van der Waals surface area contributed by atoms with Crippen molar-refractivity contribution in [3.8, 4) is 22.5 Å². The average Bonchev–Trinajstić information content (AvgIpc) is 3.52. The lowest BCUT2D eigenvalue weighted by atomic mass is 10.00. The van der Waals surface area contributed by atoms with E-state index in [1.807, 2.05) is 69.9 Å². The summed E-state index contributed by atoms with van der Waals surface area (Å²) in [5.41, 5.74) is 9.18. The molecule has 1 N–H and O–H groups in total. The zero-order valence-corrected chi connectivity index (χ0v) is 25.5. The van der Waals surface area contributed by atoms with Crippen LogP contribution in [0.4, 0.5) is 23.0 Å². The molecule has 0 saturated carbocycles. The highest BCUT2D eigenvalue weighted by molar-refractivity contribution is 6.00. The molecule has 0 fully saturated rings. The zero-order chi connectivity index (χ0) is 30.4. The lowest BCUT2D eigenvalue weighted by molar-refractivity contribution is -0.384. The second kappa shape index (κ2) is 11.1. The summed E-state index contributed by atoms with van der Waals surface area (Å²) in [4.78, 5) is 25.5. The van der Waals surface area contributed by atoms with Crippen molar-refractivity contribution < 1.29 is 4.92 Å². The number of para-hydroxylation sites is 1. The Morgan fingerprint density at radius 2 is 1.91 bits per heavy atom. The molecule has 0 saturated heterocycles. The van der Waals surface area contributed by atoms with Crippen LogP contribution in [0.2, 0.25) is 0 Å². The number of anilines is 3. The summed E-state index contributed by atoms with van der Waals surface area (Å²) in [5.74, 6) is 0.371. The molecule has 11 heteroatoms. The highest BCUT2D eigenvalue weighted by Gasteiger charge is 2.24. The van der Waals surface area contributed by atoms with Gasteiger partial charge in [-0.1, -0.05) is 18.2 Å². The van der Waals surface area contributed by atoms with Crippen molar-refractivity contribution in [2.24, 2.45) is 7.05 Å². The maximum atomic E-state index is 12.1. The van der Waals surface area contributed by atoms with Crippen LogP contribution in [0.1, 0.15) is 23.2 Å². The van der Waals surface area contributed by atoms with E-state index in [4.69, 9.17) is 4.98 Å². The van der Waals surface area contributed by atoms with Gasteiger partial charge >= 0.3 is 0 Å². The van der Waals surface area contributed by atoms with Gasteiger partial charge < -0.3 is 19.7 Å². The van der Waals surface area contributed by atoms with Gasteiger partial charge in [-0.3, -0.25) is 14.8 Å². The smallest absolute Gasteiger partial charge is 0.294 e. The molecule has 11 nitrogen and oxygen atoms in total. The van der Waals surface area contributed by atoms with Crippen molar-refractivity contribution in [2.75, 3.05) is 44.4 Å². The van der Waals surface area contributed by atoms with Crippen molar-refractivity contribution in [1.29, 1.82) is 0 Å². The first-order chi connectivity index (χ1) is 20.6. The molecule has 1 aliphatic rings. The standard InChI is InChI=1S/C32H37N9O2/c1-20-15-28(38(5)14-13-37(3)4)29(41(42)43)17-26(20)34-32-33-18-24(27-16-21(2)36-39(27)6)30(35-32)25-19-40-12-8-10-22-9-7-11-23(25)31(22)40/h7,9,11,15-19H,8,10,12-14H2,1-6H3,(H,33,34,35). The van der Waals surface area contributed by atoms with E-state index in [0.717, 1.165) is 65.1 Å². The molecular formula is C32H37N9O2. The fourth-order valence-corrected chi connectivity index (χ4v) is 6.00. The maximum absolute atomic E-state index is 12.1. The lowest BCUT2D eigenvalue weighted by Crippen LogP contribution is -2.29. The van der Waals surface area contributed by atoms with Crippen LogP contribution in [0.5, 0.6) is 0 Å². The molecule has 2 aromatic carbocycles. The molecule has 6 rings (SSSR count). The van der Waals surface area contributed by atoms with E-state index in [9.17, 15) is 10.1 Å². The first kappa shape index (κ1) is 28.4. The quantitative estimate of drug-likeness (QED) is 0.175. The Balaban J connectivity index is 1.46. The summed E-state index contributed by atoms with van der Waals surface area (Å²) < 4.78 is 4.18. The van der Waals surface area contributed by atoms with Crippen LogP contribution in [0, 0.1) is 24.0 Å². The molecule has 43 heavy (non-hydrogen) atoms. The molecule has 3 aromatic heterocycles. The van der Waals surface area contributed by atoms with Crippen LogP contribution in [0.25, 0.3) is 33.4 Å². The number of aryl methyl sites for hydroxylation is 5. The topological polar surface area (TPSA) is 110 Å². The third-order valence-corrected chi connectivity index (χ3v) is 8.21. The Labute approximate surface area is 250 Å². The predicted molar refractivity (Wildman–Crippen MR) is 171 cm³/mol. The normalized spacial score (nSPS) is 12.7. The van der Waals surface area contributed by atoms with E-state index >= 15 is 0 Å².